The Morgan fingerprint density at radius 2 is 1.95 bits per heavy atom. The molecule has 0 bridgehead atoms. The molecule has 0 spiro atoms. The number of nitrogens with one attached hydrogen (secondary N) is 1. The lowest BCUT2D eigenvalue weighted by Gasteiger charge is -2.05. The number of hydrogen-bond donors (Lipinski definition) is 1. The molecule has 0 saturated carbocycles. The highest BCUT2D eigenvalue weighted by molar-refractivity contribution is 9.11. The topological polar surface area (TPSA) is 42.0 Å². The second-order valence-electron chi connectivity index (χ2n) is 4.64. The van der Waals surface area contributed by atoms with Crippen LogP contribution in [0.3, 0.4) is 0 Å². The first-order valence-electron chi connectivity index (χ1n) is 6.11. The Labute approximate surface area is 143 Å². The lowest BCUT2D eigenvalue weighted by atomic mass is 10.0. The van der Waals surface area contributed by atoms with Gasteiger partial charge in [0.15, 0.2) is 0 Å². The molecule has 1 aromatic carbocycles. The summed E-state index contributed by atoms with van der Waals surface area (Å²) in [5.74, 6) is 0.308. The summed E-state index contributed by atoms with van der Waals surface area (Å²) >= 11 is 13.2. The van der Waals surface area contributed by atoms with Crippen LogP contribution >= 0.6 is 43.5 Å². The maximum Gasteiger partial charge on any atom is 0.257 e. The summed E-state index contributed by atoms with van der Waals surface area (Å²) in [5, 5.41) is 3.23. The van der Waals surface area contributed by atoms with Crippen LogP contribution in [0.4, 0.5) is 5.82 Å². The summed E-state index contributed by atoms with van der Waals surface area (Å²) < 4.78 is 1.94. The molecule has 3 nitrogen and oxygen atoms in total. The van der Waals surface area contributed by atoms with Gasteiger partial charge in [0.1, 0.15) is 5.82 Å². The van der Waals surface area contributed by atoms with Crippen molar-refractivity contribution in [2.24, 2.45) is 0 Å². The Balaban J connectivity index is 2.16. The molecule has 21 heavy (non-hydrogen) atoms. The third kappa shape index (κ3) is 2.65. The number of halogens is 3. The van der Waals surface area contributed by atoms with Gasteiger partial charge in [-0.2, -0.15) is 0 Å². The smallest absolute Gasteiger partial charge is 0.257 e. The highest BCUT2D eigenvalue weighted by atomic mass is 79.9. The minimum Gasteiger partial charge on any atom is -0.306 e. The summed E-state index contributed by atoms with van der Waals surface area (Å²) in [6.07, 6.45) is 3.38. The first-order valence-corrected chi connectivity index (χ1v) is 8.07. The van der Waals surface area contributed by atoms with Crippen LogP contribution in [0.1, 0.15) is 16.7 Å². The fourth-order valence-electron chi connectivity index (χ4n) is 2.13. The number of benzene rings is 1. The molecule has 1 aliphatic heterocycles. The van der Waals surface area contributed by atoms with Crippen LogP contribution in [-0.4, -0.2) is 10.9 Å². The second kappa shape index (κ2) is 5.55. The summed E-state index contributed by atoms with van der Waals surface area (Å²) in [4.78, 5) is 16.3. The van der Waals surface area contributed by atoms with E-state index >= 15 is 0 Å². The molecule has 0 unspecified atom stereocenters. The molecule has 106 valence electrons. The van der Waals surface area contributed by atoms with Crippen molar-refractivity contribution in [2.75, 3.05) is 5.32 Å². The van der Waals surface area contributed by atoms with E-state index in [-0.39, 0.29) is 5.91 Å². The zero-order chi connectivity index (χ0) is 15.1. The maximum atomic E-state index is 12.1. The Morgan fingerprint density at radius 1 is 1.29 bits per heavy atom. The number of carbonyl (C=O) groups excluding carboxylic acids is 1. The van der Waals surface area contributed by atoms with E-state index in [0.29, 0.717) is 22.0 Å². The SMILES string of the molecule is Cc1c(Br)cc(C=C2C(=O)Nc3nccc(Cl)c32)cc1Br. The Hall–Kier alpha value is -1.17. The lowest BCUT2D eigenvalue weighted by molar-refractivity contribution is -0.110. The van der Waals surface area contributed by atoms with Gasteiger partial charge in [-0.25, -0.2) is 4.98 Å². The predicted molar refractivity (Wildman–Crippen MR) is 92.3 cm³/mol. The van der Waals surface area contributed by atoms with Gasteiger partial charge in [0.05, 0.1) is 10.6 Å². The summed E-state index contributed by atoms with van der Waals surface area (Å²) in [7, 11) is 0. The molecule has 1 aromatic heterocycles. The molecule has 0 atom stereocenters. The van der Waals surface area contributed by atoms with Crippen molar-refractivity contribution in [3.8, 4) is 0 Å². The number of nitrogens with zero attached hydrogens (tertiary/aromatic N) is 1. The molecule has 3 rings (SSSR count). The number of carbonyl (C=O) groups is 1. The molecule has 0 saturated heterocycles. The van der Waals surface area contributed by atoms with Gasteiger partial charge in [-0.1, -0.05) is 43.5 Å². The zero-order valence-corrected chi connectivity index (χ0v) is 14.8. The average molecular weight is 429 g/mol. The molecular formula is C15H9Br2ClN2O. The highest BCUT2D eigenvalue weighted by Gasteiger charge is 2.27. The molecule has 1 amide bonds. The molecule has 0 fully saturated rings. The van der Waals surface area contributed by atoms with E-state index in [1.165, 1.54) is 0 Å². The van der Waals surface area contributed by atoms with E-state index in [0.717, 1.165) is 20.1 Å². The van der Waals surface area contributed by atoms with Gasteiger partial charge >= 0.3 is 0 Å². The molecule has 0 radical (unpaired) electrons. The quantitative estimate of drug-likeness (QED) is 0.645. The third-order valence-electron chi connectivity index (χ3n) is 3.26. The van der Waals surface area contributed by atoms with Crippen LogP contribution in [0.15, 0.2) is 33.3 Å². The number of amides is 1. The Kier molecular flexibility index (Phi) is 3.90. The fraction of sp³-hybridized carbons (Fsp3) is 0.0667. The van der Waals surface area contributed by atoms with Gasteiger partial charge in [-0.3, -0.25) is 4.79 Å². The summed E-state index contributed by atoms with van der Waals surface area (Å²) in [5.41, 5.74) is 3.17. The van der Waals surface area contributed by atoms with Crippen molar-refractivity contribution in [2.45, 2.75) is 6.92 Å². The molecule has 2 aromatic rings. The van der Waals surface area contributed by atoms with E-state index in [9.17, 15) is 4.79 Å². The van der Waals surface area contributed by atoms with Crippen LogP contribution in [0.2, 0.25) is 5.02 Å². The Morgan fingerprint density at radius 3 is 2.62 bits per heavy atom. The van der Waals surface area contributed by atoms with E-state index in [1.54, 1.807) is 12.3 Å². The van der Waals surface area contributed by atoms with Crippen molar-refractivity contribution in [1.29, 1.82) is 0 Å². The highest BCUT2D eigenvalue weighted by Crippen LogP contribution is 2.37. The molecule has 6 heteroatoms. The van der Waals surface area contributed by atoms with Crippen molar-refractivity contribution >= 4 is 66.8 Å². The molecular weight excluding hydrogens is 419 g/mol. The van der Waals surface area contributed by atoms with Gasteiger partial charge in [-0.05, 0) is 42.3 Å². The third-order valence-corrected chi connectivity index (χ3v) is 5.22. The minimum atomic E-state index is -0.196. The van der Waals surface area contributed by atoms with Crippen molar-refractivity contribution in [3.63, 3.8) is 0 Å². The molecule has 0 aliphatic carbocycles. The maximum absolute atomic E-state index is 12.1. The molecule has 1 N–H and O–H groups in total. The van der Waals surface area contributed by atoms with Gasteiger partial charge in [0.2, 0.25) is 0 Å². The summed E-state index contributed by atoms with van der Waals surface area (Å²) in [6, 6.07) is 5.60. The zero-order valence-electron chi connectivity index (χ0n) is 10.9. The first kappa shape index (κ1) is 14.8. The predicted octanol–water partition coefficient (Wildman–Crippen LogP) is 5.06. The van der Waals surface area contributed by atoms with E-state index in [4.69, 9.17) is 11.6 Å². The van der Waals surface area contributed by atoms with Gasteiger partial charge < -0.3 is 5.32 Å². The molecule has 2 heterocycles. The van der Waals surface area contributed by atoms with Gasteiger partial charge in [0.25, 0.3) is 5.91 Å². The fourth-order valence-corrected chi connectivity index (χ4v) is 3.60. The van der Waals surface area contributed by atoms with Crippen LogP contribution in [0.5, 0.6) is 0 Å². The number of aromatic nitrogens is 1. The standard InChI is InChI=1S/C15H9Br2ClN2O/c1-7-10(16)5-8(6-11(7)17)4-9-13-12(18)2-3-19-14(13)20-15(9)21/h2-6H,1H3,(H,19,20,21). The van der Waals surface area contributed by atoms with Crippen molar-refractivity contribution in [1.82, 2.24) is 4.98 Å². The van der Waals surface area contributed by atoms with E-state index < -0.39 is 0 Å². The van der Waals surface area contributed by atoms with Gasteiger partial charge in [0, 0.05) is 20.7 Å². The van der Waals surface area contributed by atoms with Crippen molar-refractivity contribution < 1.29 is 4.79 Å². The minimum absolute atomic E-state index is 0.196. The number of hydrogen-bond acceptors (Lipinski definition) is 2. The number of anilines is 1. The largest absolute Gasteiger partial charge is 0.306 e. The molecule has 1 aliphatic rings. The average Bonchev–Trinajstić information content (AvgIpc) is 2.74. The summed E-state index contributed by atoms with van der Waals surface area (Å²) in [6.45, 7) is 2.00. The number of fused-ring (bicyclic) bond motifs is 1. The Bertz CT molecular complexity index is 779. The first-order chi connectivity index (χ1) is 9.97. The van der Waals surface area contributed by atoms with Crippen LogP contribution in [0.25, 0.3) is 11.6 Å². The lowest BCUT2D eigenvalue weighted by Crippen LogP contribution is -2.04. The van der Waals surface area contributed by atoms with E-state index in [2.05, 4.69) is 42.2 Å². The van der Waals surface area contributed by atoms with Crippen LogP contribution in [0, 0.1) is 6.92 Å². The van der Waals surface area contributed by atoms with E-state index in [1.807, 2.05) is 25.1 Å². The van der Waals surface area contributed by atoms with Gasteiger partial charge in [-0.15, -0.1) is 0 Å². The van der Waals surface area contributed by atoms with Crippen molar-refractivity contribution in [3.05, 3.63) is 55.1 Å². The van der Waals surface area contributed by atoms with Crippen LogP contribution < -0.4 is 5.32 Å². The monoisotopic (exact) mass is 426 g/mol. The second-order valence-corrected chi connectivity index (χ2v) is 6.75. The number of pyridine rings is 1. The number of rotatable bonds is 1. The van der Waals surface area contributed by atoms with Crippen LogP contribution in [-0.2, 0) is 4.79 Å². The normalized spacial score (nSPS) is 15.2.